The maximum absolute atomic E-state index is 4.67. The molecule has 13 heteroatoms. The van der Waals surface area contributed by atoms with Crippen LogP contribution in [0.15, 0.2) is 164 Å². The Morgan fingerprint density at radius 1 is 0.368 bits per heavy atom. The van der Waals surface area contributed by atoms with E-state index in [1.807, 2.05) is 73.2 Å². The van der Waals surface area contributed by atoms with Gasteiger partial charge in [0.1, 0.15) is 5.65 Å². The molecule has 0 amide bonds. The Labute approximate surface area is 434 Å². The molecule has 0 saturated carbocycles. The second-order valence-corrected chi connectivity index (χ2v) is 16.5. The smallest absolute Gasteiger partial charge is 0.159 e. The summed E-state index contributed by atoms with van der Waals surface area (Å²) in [5.41, 5.74) is 17.1. The fourth-order valence-electron chi connectivity index (χ4n) is 10.3. The molecule has 0 fully saturated rings. The van der Waals surface area contributed by atoms with Gasteiger partial charge in [-0.15, -0.1) is 17.5 Å². The minimum atomic E-state index is 0. The third kappa shape index (κ3) is 6.42. The normalized spacial score (nSPS) is 12.8. The van der Waals surface area contributed by atoms with E-state index in [1.54, 1.807) is 0 Å². The van der Waals surface area contributed by atoms with E-state index in [0.717, 1.165) is 56.9 Å². The van der Waals surface area contributed by atoms with Gasteiger partial charge in [-0.2, -0.15) is 60.7 Å². The third-order valence-corrected chi connectivity index (χ3v) is 13.3. The largest absolute Gasteiger partial charge is 0.394 e. The summed E-state index contributed by atoms with van der Waals surface area (Å²) in [7, 11) is 8.40. The zero-order valence-corrected chi connectivity index (χ0v) is 44.2. The molecule has 15 rings (SSSR count). The molecule has 10 nitrogen and oxygen atoms in total. The van der Waals surface area contributed by atoms with Crippen molar-refractivity contribution in [2.24, 2.45) is 0 Å². The number of hydrogen-bond donors (Lipinski definition) is 0. The van der Waals surface area contributed by atoms with Crippen LogP contribution in [-0.2, 0) is 60.3 Å². The Morgan fingerprint density at radius 2 is 0.809 bits per heavy atom. The van der Waals surface area contributed by atoms with Crippen LogP contribution >= 0.6 is 0 Å². The van der Waals surface area contributed by atoms with Crippen LogP contribution < -0.4 is 24.5 Å². The number of nitrogens with zero attached hydrogens (tertiary/aromatic N) is 10. The number of hydrogen-bond acceptors (Lipinski definition) is 8. The van der Waals surface area contributed by atoms with Crippen molar-refractivity contribution in [2.45, 2.75) is 0 Å². The number of aromatic nitrogens is 5. The summed E-state index contributed by atoms with van der Waals surface area (Å²) in [5.74, 6) is 1.92. The Bertz CT molecular complexity index is 3510. The molecule has 5 aromatic heterocycles. The van der Waals surface area contributed by atoms with Crippen LogP contribution in [0.3, 0.4) is 0 Å². The molecule has 11 aromatic rings. The Morgan fingerprint density at radius 3 is 1.53 bits per heavy atom. The Hall–Kier alpha value is -6.68. The molecule has 0 atom stereocenters. The van der Waals surface area contributed by atoms with E-state index in [4.69, 9.17) is 0 Å². The molecule has 0 unspecified atom stereocenters. The van der Waals surface area contributed by atoms with E-state index in [9.17, 15) is 0 Å². The van der Waals surface area contributed by atoms with Gasteiger partial charge in [-0.05, 0) is 103 Å². The first-order valence-corrected chi connectivity index (χ1v) is 21.6. The first kappa shape index (κ1) is 45.1. The number of para-hydroxylation sites is 6. The van der Waals surface area contributed by atoms with Crippen molar-refractivity contribution in [3.05, 3.63) is 182 Å². The standard InChI is InChI=1S/C19H15N4.2C18H12N3.3Ir/c1-21-13-7-3-4-8-14(13)23-18-15(21)9-5-10-16(18)22(2)17-11-6-12-20-19(17)23;1-20-14-8-2-3-9-15(14)21-17-12(6-4-10-16(17)20)13-7-5-11-19-18(13)21;1-20-15-9-4-7-13-12-6-2-3-8-14(12)21(17(13)15)18-16(20)10-5-11-19-18;;;/h3-7,9-12H,1-2H3;2-8,10-11H,1H3;2-7,9-11H,1H3;;;/q3*-1;;;. The average Bonchev–Trinajstić information content (AvgIpc) is 3.89. The third-order valence-electron chi connectivity index (χ3n) is 13.3. The fraction of sp³-hybridized carbons (Fsp3) is 0.0727. The van der Waals surface area contributed by atoms with Gasteiger partial charge in [0.05, 0.1) is 50.8 Å². The van der Waals surface area contributed by atoms with E-state index in [0.29, 0.717) is 0 Å². The van der Waals surface area contributed by atoms with Gasteiger partial charge in [0.15, 0.2) is 11.6 Å². The SMILES string of the molecule is CN1c2ccc[c-]c2-n2c3ncccc3c3cccc1c32.CN1c2ccc[c-]c2N2c3ncccc3N(C)c3cccc1c32.CN1c2cccnc2-n2c3[c-]cccc3c3cccc1c32.[Ir].[Ir].[Ir]. The van der Waals surface area contributed by atoms with Crippen LogP contribution in [0, 0.1) is 18.2 Å². The summed E-state index contributed by atoms with van der Waals surface area (Å²) in [6.45, 7) is 0. The molecule has 0 N–H and O–H groups in total. The van der Waals surface area contributed by atoms with Crippen molar-refractivity contribution in [1.82, 2.24) is 24.1 Å². The van der Waals surface area contributed by atoms with Crippen LogP contribution in [0.25, 0.3) is 55.2 Å². The van der Waals surface area contributed by atoms with Gasteiger partial charge in [0.25, 0.3) is 0 Å². The van der Waals surface area contributed by atoms with Gasteiger partial charge in [-0.25, -0.2) is 15.0 Å². The molecule has 0 spiro atoms. The zero-order chi connectivity index (χ0) is 43.5. The van der Waals surface area contributed by atoms with Crippen LogP contribution in [0.5, 0.6) is 0 Å². The molecular formula is C55H39Ir3N10-3. The molecular weight excluding hydrogens is 1380 g/mol. The van der Waals surface area contributed by atoms with E-state index in [-0.39, 0.29) is 60.3 Å². The number of anilines is 11. The maximum atomic E-state index is 4.67. The molecule has 339 valence electrons. The van der Waals surface area contributed by atoms with Gasteiger partial charge >= 0.3 is 0 Å². The van der Waals surface area contributed by atoms with Crippen molar-refractivity contribution in [1.29, 1.82) is 0 Å². The summed E-state index contributed by atoms with van der Waals surface area (Å²) in [4.78, 5) is 25.0. The summed E-state index contributed by atoms with van der Waals surface area (Å²) in [5, 5.41) is 4.90. The van der Waals surface area contributed by atoms with Crippen molar-refractivity contribution >= 4 is 106 Å². The van der Waals surface area contributed by atoms with Crippen molar-refractivity contribution in [2.75, 3.05) is 52.7 Å². The van der Waals surface area contributed by atoms with Crippen LogP contribution in [0.4, 0.5) is 62.7 Å². The monoisotopic (exact) mass is 1420 g/mol. The van der Waals surface area contributed by atoms with Crippen molar-refractivity contribution < 1.29 is 60.3 Å². The summed E-state index contributed by atoms with van der Waals surface area (Å²) < 4.78 is 4.46. The van der Waals surface area contributed by atoms with E-state index in [2.05, 4.69) is 186 Å². The molecule has 68 heavy (non-hydrogen) atoms. The minimum Gasteiger partial charge on any atom is -0.394 e. The average molecular weight is 1420 g/mol. The fourth-order valence-corrected chi connectivity index (χ4v) is 10.3. The second kappa shape index (κ2) is 17.4. The van der Waals surface area contributed by atoms with Crippen molar-refractivity contribution in [3.8, 4) is 11.5 Å². The van der Waals surface area contributed by atoms with Crippen LogP contribution in [0.1, 0.15) is 0 Å². The zero-order valence-electron chi connectivity index (χ0n) is 37.1. The van der Waals surface area contributed by atoms with Crippen molar-refractivity contribution in [3.63, 3.8) is 0 Å². The Balaban J connectivity index is 0.000000116. The Kier molecular flexibility index (Phi) is 11.6. The van der Waals surface area contributed by atoms with Gasteiger partial charge in [0, 0.05) is 104 Å². The summed E-state index contributed by atoms with van der Waals surface area (Å²) in [6, 6.07) is 60.2. The van der Waals surface area contributed by atoms with E-state index < -0.39 is 0 Å². The van der Waals surface area contributed by atoms with E-state index in [1.165, 1.54) is 61.0 Å². The van der Waals surface area contributed by atoms with Crippen LogP contribution in [-0.4, -0.2) is 52.3 Å². The van der Waals surface area contributed by atoms with E-state index >= 15 is 0 Å². The molecule has 3 radical (unpaired) electrons. The predicted octanol–water partition coefficient (Wildman–Crippen LogP) is 12.6. The summed E-state index contributed by atoms with van der Waals surface area (Å²) in [6.07, 6.45) is 5.55. The maximum Gasteiger partial charge on any atom is 0.159 e. The number of fused-ring (bicyclic) bond motifs is 14. The number of pyridine rings is 3. The minimum absolute atomic E-state index is 0. The molecule has 4 aliphatic heterocycles. The molecule has 9 heterocycles. The molecule has 0 aliphatic carbocycles. The molecule has 0 saturated heterocycles. The van der Waals surface area contributed by atoms with Gasteiger partial charge in [0.2, 0.25) is 0 Å². The number of rotatable bonds is 0. The summed E-state index contributed by atoms with van der Waals surface area (Å²) >= 11 is 0. The van der Waals surface area contributed by atoms with Gasteiger partial charge < -0.3 is 33.6 Å². The van der Waals surface area contributed by atoms with Crippen LogP contribution in [0.2, 0.25) is 0 Å². The van der Waals surface area contributed by atoms with Gasteiger partial charge in [-0.3, -0.25) is 0 Å². The second-order valence-electron chi connectivity index (χ2n) is 16.5. The first-order chi connectivity index (χ1) is 32.0. The number of benzene rings is 6. The topological polar surface area (TPSA) is 64.7 Å². The first-order valence-electron chi connectivity index (χ1n) is 21.6. The predicted molar refractivity (Wildman–Crippen MR) is 265 cm³/mol. The quantitative estimate of drug-likeness (QED) is 0.139. The molecule has 4 aliphatic rings. The molecule has 0 bridgehead atoms. The van der Waals surface area contributed by atoms with Gasteiger partial charge in [-0.1, -0.05) is 35.8 Å². The molecule has 6 aromatic carbocycles.